The first kappa shape index (κ1) is 17.8. The van der Waals surface area contributed by atoms with Crippen LogP contribution in [0, 0.1) is 0 Å². The van der Waals surface area contributed by atoms with Gasteiger partial charge in [0, 0.05) is 19.6 Å². The Hall–Kier alpha value is -2.06. The Morgan fingerprint density at radius 3 is 2.72 bits per heavy atom. The minimum absolute atomic E-state index is 0.0259. The van der Waals surface area contributed by atoms with Gasteiger partial charge >= 0.3 is 5.69 Å². The quantitative estimate of drug-likeness (QED) is 0.791. The lowest BCUT2D eigenvalue weighted by Gasteiger charge is -2.30. The largest absolute Gasteiger partial charge is 0.378 e. The number of aromatic amines is 1. The molecule has 1 fully saturated rings. The summed E-state index contributed by atoms with van der Waals surface area (Å²) in [5, 5.41) is 6.71. The van der Waals surface area contributed by atoms with Crippen LogP contribution >= 0.6 is 11.8 Å². The molecule has 1 N–H and O–H groups in total. The third kappa shape index (κ3) is 4.13. The molecular formula is C17H22N4O3S. The molecule has 2 heterocycles. The van der Waals surface area contributed by atoms with Crippen molar-refractivity contribution < 1.29 is 9.53 Å². The number of nitrogens with one attached hydrogen (secondary N) is 1. The second kappa shape index (κ2) is 8.35. The van der Waals surface area contributed by atoms with Crippen LogP contribution in [0.2, 0.25) is 0 Å². The highest BCUT2D eigenvalue weighted by Crippen LogP contribution is 2.35. The number of nitrogens with zero attached hydrogens (tertiary/aromatic N) is 3. The normalized spacial score (nSPS) is 16.0. The zero-order valence-corrected chi connectivity index (χ0v) is 15.0. The number of aromatic nitrogens is 3. The van der Waals surface area contributed by atoms with E-state index in [0.717, 1.165) is 12.0 Å². The number of rotatable bonds is 6. The number of ether oxygens (including phenoxy) is 1. The van der Waals surface area contributed by atoms with Gasteiger partial charge in [0.2, 0.25) is 5.91 Å². The van der Waals surface area contributed by atoms with Crippen molar-refractivity contribution in [1.29, 1.82) is 0 Å². The predicted molar refractivity (Wildman–Crippen MR) is 95.6 cm³/mol. The van der Waals surface area contributed by atoms with Crippen LogP contribution in [0.4, 0.5) is 0 Å². The molecule has 0 spiro atoms. The van der Waals surface area contributed by atoms with Crippen LogP contribution in [0.15, 0.2) is 40.3 Å². The maximum Gasteiger partial charge on any atom is 0.343 e. The van der Waals surface area contributed by atoms with Gasteiger partial charge in [-0.2, -0.15) is 0 Å². The van der Waals surface area contributed by atoms with Crippen molar-refractivity contribution in [2.45, 2.75) is 30.3 Å². The summed E-state index contributed by atoms with van der Waals surface area (Å²) in [6.45, 7) is 4.87. The minimum atomic E-state index is -0.440. The van der Waals surface area contributed by atoms with Crippen molar-refractivity contribution in [2.24, 2.45) is 0 Å². The average Bonchev–Trinajstić information content (AvgIpc) is 3.01. The van der Waals surface area contributed by atoms with Gasteiger partial charge in [-0.3, -0.25) is 9.36 Å². The van der Waals surface area contributed by atoms with Crippen molar-refractivity contribution in [3.05, 3.63) is 46.4 Å². The summed E-state index contributed by atoms with van der Waals surface area (Å²) in [7, 11) is 0. The molecule has 7 nitrogen and oxygen atoms in total. The molecule has 1 aliphatic heterocycles. The van der Waals surface area contributed by atoms with Crippen LogP contribution in [0.5, 0.6) is 0 Å². The summed E-state index contributed by atoms with van der Waals surface area (Å²) in [6, 6.07) is 9.63. The lowest BCUT2D eigenvalue weighted by Crippen LogP contribution is -2.42. The fraction of sp³-hybridized carbons (Fsp3) is 0.471. The number of carbonyl (C=O) groups is 1. The highest BCUT2D eigenvalue weighted by molar-refractivity contribution is 8.00. The van der Waals surface area contributed by atoms with Crippen LogP contribution in [0.3, 0.4) is 0 Å². The molecule has 1 aromatic heterocycles. The van der Waals surface area contributed by atoms with Gasteiger partial charge in [-0.1, -0.05) is 49.0 Å². The second-order valence-corrected chi connectivity index (χ2v) is 6.88. The molecule has 134 valence electrons. The molecule has 1 aliphatic rings. The van der Waals surface area contributed by atoms with Crippen molar-refractivity contribution in [2.75, 3.05) is 26.3 Å². The molecule has 2 aromatic rings. The SMILES string of the molecule is CCCn1c(SC(C(=O)N2CCOCC2)c2ccccc2)n[nH]c1=O. The molecule has 1 unspecified atom stereocenters. The Balaban J connectivity index is 1.89. The van der Waals surface area contributed by atoms with Crippen LogP contribution in [0.1, 0.15) is 24.2 Å². The summed E-state index contributed by atoms with van der Waals surface area (Å²) in [5.41, 5.74) is 0.664. The van der Waals surface area contributed by atoms with Crippen LogP contribution in [-0.2, 0) is 16.1 Å². The van der Waals surface area contributed by atoms with E-state index < -0.39 is 5.25 Å². The van der Waals surface area contributed by atoms with E-state index in [1.54, 1.807) is 4.57 Å². The molecule has 1 atom stereocenters. The summed E-state index contributed by atoms with van der Waals surface area (Å²) in [4.78, 5) is 26.9. The average molecular weight is 362 g/mol. The van der Waals surface area contributed by atoms with E-state index in [1.807, 2.05) is 42.2 Å². The van der Waals surface area contributed by atoms with Crippen molar-refractivity contribution in [3.8, 4) is 0 Å². The van der Waals surface area contributed by atoms with E-state index in [0.29, 0.717) is 38.0 Å². The molecule has 0 radical (unpaired) electrons. The fourth-order valence-electron chi connectivity index (χ4n) is 2.76. The van der Waals surface area contributed by atoms with Gasteiger partial charge < -0.3 is 9.64 Å². The Labute approximate surface area is 150 Å². The van der Waals surface area contributed by atoms with E-state index in [1.165, 1.54) is 11.8 Å². The molecule has 1 saturated heterocycles. The molecule has 0 aliphatic carbocycles. The fourth-order valence-corrected chi connectivity index (χ4v) is 3.91. The van der Waals surface area contributed by atoms with E-state index in [9.17, 15) is 9.59 Å². The van der Waals surface area contributed by atoms with E-state index in [-0.39, 0.29) is 11.6 Å². The van der Waals surface area contributed by atoms with Crippen LogP contribution in [-0.4, -0.2) is 51.9 Å². The second-order valence-electron chi connectivity index (χ2n) is 5.81. The van der Waals surface area contributed by atoms with Gasteiger partial charge in [0.15, 0.2) is 5.16 Å². The summed E-state index contributed by atoms with van der Waals surface area (Å²) in [6.07, 6.45) is 0.820. The molecule has 1 aromatic carbocycles. The first-order chi connectivity index (χ1) is 12.2. The summed E-state index contributed by atoms with van der Waals surface area (Å²) >= 11 is 1.32. The Morgan fingerprint density at radius 2 is 2.04 bits per heavy atom. The lowest BCUT2D eigenvalue weighted by atomic mass is 10.1. The van der Waals surface area contributed by atoms with Crippen molar-refractivity contribution in [3.63, 3.8) is 0 Å². The van der Waals surface area contributed by atoms with E-state index >= 15 is 0 Å². The first-order valence-electron chi connectivity index (χ1n) is 8.44. The number of H-pyrrole nitrogens is 1. The number of amides is 1. The van der Waals surface area contributed by atoms with E-state index in [2.05, 4.69) is 10.2 Å². The van der Waals surface area contributed by atoms with Gasteiger partial charge in [-0.15, -0.1) is 5.10 Å². The maximum absolute atomic E-state index is 13.1. The number of thioether (sulfide) groups is 1. The van der Waals surface area contributed by atoms with Gasteiger partial charge in [0.25, 0.3) is 0 Å². The molecule has 0 saturated carbocycles. The molecule has 8 heteroatoms. The lowest BCUT2D eigenvalue weighted by molar-refractivity contribution is -0.134. The topological polar surface area (TPSA) is 80.2 Å². The molecule has 1 amide bonds. The molecule has 3 rings (SSSR count). The predicted octanol–water partition coefficient (Wildman–Crippen LogP) is 1.67. The third-order valence-electron chi connectivity index (χ3n) is 4.04. The Morgan fingerprint density at radius 1 is 1.32 bits per heavy atom. The zero-order valence-electron chi connectivity index (χ0n) is 14.2. The monoisotopic (exact) mass is 362 g/mol. The highest BCUT2D eigenvalue weighted by atomic mass is 32.2. The smallest absolute Gasteiger partial charge is 0.343 e. The van der Waals surface area contributed by atoms with Crippen molar-refractivity contribution in [1.82, 2.24) is 19.7 Å². The number of hydrogen-bond donors (Lipinski definition) is 1. The summed E-state index contributed by atoms with van der Waals surface area (Å²) < 4.78 is 6.93. The van der Waals surface area contributed by atoms with Crippen LogP contribution < -0.4 is 5.69 Å². The number of morpholine rings is 1. The van der Waals surface area contributed by atoms with Gasteiger partial charge in [-0.25, -0.2) is 9.89 Å². The maximum atomic E-state index is 13.1. The third-order valence-corrected chi connectivity index (χ3v) is 5.28. The first-order valence-corrected chi connectivity index (χ1v) is 9.32. The Kier molecular flexibility index (Phi) is 5.93. The van der Waals surface area contributed by atoms with Gasteiger partial charge in [0.05, 0.1) is 13.2 Å². The highest BCUT2D eigenvalue weighted by Gasteiger charge is 2.29. The van der Waals surface area contributed by atoms with Gasteiger partial charge in [0.1, 0.15) is 5.25 Å². The summed E-state index contributed by atoms with van der Waals surface area (Å²) in [5.74, 6) is 0.0259. The minimum Gasteiger partial charge on any atom is -0.378 e. The number of carbonyl (C=O) groups excluding carboxylic acids is 1. The van der Waals surface area contributed by atoms with Crippen molar-refractivity contribution >= 4 is 17.7 Å². The van der Waals surface area contributed by atoms with E-state index in [4.69, 9.17) is 4.74 Å². The molecule has 0 bridgehead atoms. The Bertz CT molecular complexity index is 753. The zero-order chi connectivity index (χ0) is 17.6. The van der Waals surface area contributed by atoms with Crippen LogP contribution in [0.25, 0.3) is 0 Å². The molecule has 25 heavy (non-hydrogen) atoms. The number of hydrogen-bond acceptors (Lipinski definition) is 5. The number of benzene rings is 1. The standard InChI is InChI=1S/C17H22N4O3S/c1-2-8-21-16(23)18-19-17(21)25-14(13-6-4-3-5-7-13)15(22)20-9-11-24-12-10-20/h3-7,14H,2,8-12H2,1H3,(H,18,23). The molecular weight excluding hydrogens is 340 g/mol. The van der Waals surface area contributed by atoms with Gasteiger partial charge in [-0.05, 0) is 12.0 Å².